The van der Waals surface area contributed by atoms with Gasteiger partial charge in [0.25, 0.3) is 5.56 Å². The van der Waals surface area contributed by atoms with Crippen molar-refractivity contribution in [3.63, 3.8) is 0 Å². The standard InChI is InChI=1S/C15H17N3O/c1-4-11(2)9-14(16-3)18-8-6-12-10-17-7-5-13(12)15(18)19/h5-10H,4H2,1-3H3/b11-9-,16-14?. The van der Waals surface area contributed by atoms with Crippen LogP contribution < -0.4 is 5.56 Å². The van der Waals surface area contributed by atoms with Crippen LogP contribution in [-0.2, 0) is 0 Å². The van der Waals surface area contributed by atoms with Crippen molar-refractivity contribution in [2.75, 3.05) is 7.05 Å². The topological polar surface area (TPSA) is 47.2 Å². The third-order valence-electron chi connectivity index (χ3n) is 3.11. The molecule has 0 aliphatic carbocycles. The van der Waals surface area contributed by atoms with E-state index in [4.69, 9.17) is 0 Å². The monoisotopic (exact) mass is 255 g/mol. The number of hydrogen-bond acceptors (Lipinski definition) is 3. The van der Waals surface area contributed by atoms with Crippen LogP contribution in [0.2, 0.25) is 0 Å². The Morgan fingerprint density at radius 2 is 2.26 bits per heavy atom. The third kappa shape index (κ3) is 2.62. The largest absolute Gasteiger partial charge is 0.271 e. The Balaban J connectivity index is 2.63. The highest BCUT2D eigenvalue weighted by molar-refractivity contribution is 5.96. The molecular weight excluding hydrogens is 238 g/mol. The molecule has 0 radical (unpaired) electrons. The summed E-state index contributed by atoms with van der Waals surface area (Å²) in [5.74, 6) is 0.656. The quantitative estimate of drug-likeness (QED) is 0.611. The number of rotatable bonds is 2. The second kappa shape index (κ2) is 5.61. The molecule has 0 N–H and O–H groups in total. The van der Waals surface area contributed by atoms with Crippen LogP contribution in [0.25, 0.3) is 10.8 Å². The first-order valence-electron chi connectivity index (χ1n) is 6.27. The first-order chi connectivity index (χ1) is 9.17. The minimum absolute atomic E-state index is 0.0688. The Morgan fingerprint density at radius 3 is 2.95 bits per heavy atom. The van der Waals surface area contributed by atoms with Crippen LogP contribution in [0.15, 0.2) is 52.2 Å². The molecule has 0 bridgehead atoms. The van der Waals surface area contributed by atoms with Gasteiger partial charge >= 0.3 is 0 Å². The predicted octanol–water partition coefficient (Wildman–Crippen LogP) is 2.63. The van der Waals surface area contributed by atoms with Crippen LogP contribution in [0, 0.1) is 0 Å². The van der Waals surface area contributed by atoms with Crippen LogP contribution in [0.5, 0.6) is 0 Å². The lowest BCUT2D eigenvalue weighted by molar-refractivity contribution is 1.05. The van der Waals surface area contributed by atoms with E-state index in [1.165, 1.54) is 5.57 Å². The van der Waals surface area contributed by atoms with Gasteiger partial charge < -0.3 is 0 Å². The van der Waals surface area contributed by atoms with Crippen molar-refractivity contribution in [2.45, 2.75) is 20.3 Å². The molecule has 0 aliphatic rings. The molecule has 0 aromatic carbocycles. The maximum atomic E-state index is 12.4. The van der Waals surface area contributed by atoms with E-state index in [1.807, 2.05) is 19.1 Å². The summed E-state index contributed by atoms with van der Waals surface area (Å²) in [6.45, 7) is 4.11. The second-order valence-electron chi connectivity index (χ2n) is 4.38. The van der Waals surface area contributed by atoms with E-state index in [0.29, 0.717) is 11.2 Å². The number of pyridine rings is 2. The van der Waals surface area contributed by atoms with Gasteiger partial charge in [0.15, 0.2) is 0 Å². The van der Waals surface area contributed by atoms with Gasteiger partial charge in [0.1, 0.15) is 5.84 Å². The Kier molecular flexibility index (Phi) is 3.90. The average Bonchev–Trinajstić information content (AvgIpc) is 2.45. The molecule has 0 amide bonds. The second-order valence-corrected chi connectivity index (χ2v) is 4.38. The van der Waals surface area contributed by atoms with Gasteiger partial charge in [-0.05, 0) is 31.6 Å². The van der Waals surface area contributed by atoms with Crippen molar-refractivity contribution in [2.24, 2.45) is 4.99 Å². The summed E-state index contributed by atoms with van der Waals surface area (Å²) in [6, 6.07) is 3.61. The fraction of sp³-hybridized carbons (Fsp3) is 0.267. The van der Waals surface area contributed by atoms with Crippen molar-refractivity contribution in [1.29, 1.82) is 0 Å². The van der Waals surface area contributed by atoms with Gasteiger partial charge in [0, 0.05) is 31.0 Å². The highest BCUT2D eigenvalue weighted by atomic mass is 16.1. The molecule has 2 rings (SSSR count). The molecular formula is C15H17N3O. The Labute approximate surface area is 112 Å². The SMILES string of the molecule is CC/C(C)=C\C(=NC)n1ccc2cnccc2c1=O. The smallest absolute Gasteiger partial charge is 0.264 e. The van der Waals surface area contributed by atoms with Crippen molar-refractivity contribution < 1.29 is 0 Å². The maximum Gasteiger partial charge on any atom is 0.264 e. The summed E-state index contributed by atoms with van der Waals surface area (Å²) in [5.41, 5.74) is 1.11. The van der Waals surface area contributed by atoms with E-state index >= 15 is 0 Å². The molecule has 2 aromatic rings. The molecule has 2 heterocycles. The summed E-state index contributed by atoms with van der Waals surface area (Å²) in [7, 11) is 1.69. The molecule has 0 spiro atoms. The molecule has 4 heteroatoms. The van der Waals surface area contributed by atoms with Crippen LogP contribution in [0.3, 0.4) is 0 Å². The van der Waals surface area contributed by atoms with Crippen molar-refractivity contribution in [3.05, 3.63) is 52.7 Å². The van der Waals surface area contributed by atoms with E-state index in [1.54, 1.807) is 36.3 Å². The van der Waals surface area contributed by atoms with Crippen molar-refractivity contribution in [1.82, 2.24) is 9.55 Å². The number of hydrogen-bond donors (Lipinski definition) is 0. The minimum atomic E-state index is -0.0688. The number of fused-ring (bicyclic) bond motifs is 1. The molecule has 2 aromatic heterocycles. The summed E-state index contributed by atoms with van der Waals surface area (Å²) in [5, 5.41) is 1.50. The predicted molar refractivity (Wildman–Crippen MR) is 78.8 cm³/mol. The van der Waals surface area contributed by atoms with E-state index in [0.717, 1.165) is 11.8 Å². The molecule has 0 unspecified atom stereocenters. The Hall–Kier alpha value is -2.23. The van der Waals surface area contributed by atoms with E-state index in [9.17, 15) is 4.79 Å². The van der Waals surface area contributed by atoms with Gasteiger partial charge in [-0.15, -0.1) is 0 Å². The fourth-order valence-corrected chi connectivity index (χ4v) is 1.83. The van der Waals surface area contributed by atoms with Gasteiger partial charge in [-0.25, -0.2) is 0 Å². The maximum absolute atomic E-state index is 12.4. The number of aromatic nitrogens is 2. The lowest BCUT2D eigenvalue weighted by Gasteiger charge is -2.07. The summed E-state index contributed by atoms with van der Waals surface area (Å²) >= 11 is 0. The van der Waals surface area contributed by atoms with Gasteiger partial charge in [-0.3, -0.25) is 19.3 Å². The molecule has 4 nitrogen and oxygen atoms in total. The zero-order chi connectivity index (χ0) is 13.8. The summed E-state index contributed by atoms with van der Waals surface area (Å²) in [6.07, 6.45) is 7.94. The minimum Gasteiger partial charge on any atom is -0.271 e. The highest BCUT2D eigenvalue weighted by Gasteiger charge is 2.05. The lowest BCUT2D eigenvalue weighted by atomic mass is 10.2. The van der Waals surface area contributed by atoms with Gasteiger partial charge in [0.05, 0.1) is 5.39 Å². The average molecular weight is 255 g/mol. The van der Waals surface area contributed by atoms with Gasteiger partial charge in [-0.1, -0.05) is 12.5 Å². The number of allylic oxidation sites excluding steroid dienone is 2. The van der Waals surface area contributed by atoms with Crippen LogP contribution in [0.1, 0.15) is 20.3 Å². The van der Waals surface area contributed by atoms with Crippen molar-refractivity contribution >= 4 is 16.6 Å². The van der Waals surface area contributed by atoms with Crippen molar-refractivity contribution in [3.8, 4) is 0 Å². The third-order valence-corrected chi connectivity index (χ3v) is 3.11. The van der Waals surface area contributed by atoms with E-state index in [2.05, 4.69) is 16.9 Å². The first-order valence-corrected chi connectivity index (χ1v) is 6.27. The van der Waals surface area contributed by atoms with E-state index < -0.39 is 0 Å². The molecule has 0 atom stereocenters. The molecule has 0 fully saturated rings. The molecule has 98 valence electrons. The van der Waals surface area contributed by atoms with Crippen LogP contribution in [-0.4, -0.2) is 22.4 Å². The molecule has 0 saturated heterocycles. The summed E-state index contributed by atoms with van der Waals surface area (Å²) < 4.78 is 1.57. The highest BCUT2D eigenvalue weighted by Crippen LogP contribution is 2.07. The zero-order valence-electron chi connectivity index (χ0n) is 11.4. The molecule has 0 aliphatic heterocycles. The fourth-order valence-electron chi connectivity index (χ4n) is 1.83. The van der Waals surface area contributed by atoms with Crippen LogP contribution >= 0.6 is 0 Å². The lowest BCUT2D eigenvalue weighted by Crippen LogP contribution is -2.25. The first kappa shape index (κ1) is 13.2. The normalized spacial score (nSPS) is 13.0. The van der Waals surface area contributed by atoms with E-state index in [-0.39, 0.29) is 5.56 Å². The Morgan fingerprint density at radius 1 is 1.47 bits per heavy atom. The molecule has 19 heavy (non-hydrogen) atoms. The molecule has 0 saturated carbocycles. The number of aliphatic imine (C=N–C) groups is 1. The Bertz CT molecular complexity index is 711. The number of nitrogens with zero attached hydrogens (tertiary/aromatic N) is 3. The van der Waals surface area contributed by atoms with Crippen LogP contribution in [0.4, 0.5) is 0 Å². The summed E-state index contributed by atoms with van der Waals surface area (Å²) in [4.78, 5) is 20.6. The van der Waals surface area contributed by atoms with Gasteiger partial charge in [0.2, 0.25) is 0 Å². The zero-order valence-corrected chi connectivity index (χ0v) is 11.4. The van der Waals surface area contributed by atoms with Gasteiger partial charge in [-0.2, -0.15) is 0 Å².